The van der Waals surface area contributed by atoms with Gasteiger partial charge in [0.1, 0.15) is 0 Å². The van der Waals surface area contributed by atoms with Crippen molar-refractivity contribution in [3.63, 3.8) is 0 Å². The highest BCUT2D eigenvalue weighted by atomic mass is 16.2. The van der Waals surface area contributed by atoms with Crippen molar-refractivity contribution in [2.24, 2.45) is 5.84 Å². The largest absolute Gasteiger partial charge is 0.351 e. The molecule has 6 heteroatoms. The van der Waals surface area contributed by atoms with Crippen LogP contribution in [0.4, 0.5) is 10.5 Å². The normalized spacial score (nSPS) is 20.3. The zero-order valence-corrected chi connectivity index (χ0v) is 14.3. The molecule has 0 saturated carbocycles. The number of rotatable bonds is 1. The molecule has 0 bridgehead atoms. The van der Waals surface area contributed by atoms with Crippen molar-refractivity contribution >= 4 is 17.6 Å². The molecule has 1 unspecified atom stereocenters. The van der Waals surface area contributed by atoms with E-state index in [9.17, 15) is 9.59 Å². The van der Waals surface area contributed by atoms with E-state index in [0.29, 0.717) is 11.3 Å². The van der Waals surface area contributed by atoms with Gasteiger partial charge < -0.3 is 0 Å². The van der Waals surface area contributed by atoms with Gasteiger partial charge in [0.25, 0.3) is 5.91 Å². The molecule has 6 nitrogen and oxygen atoms in total. The van der Waals surface area contributed by atoms with E-state index in [4.69, 9.17) is 5.84 Å². The van der Waals surface area contributed by atoms with E-state index in [0.717, 1.165) is 5.56 Å². The molecule has 0 spiro atoms. The molecule has 0 radical (unpaired) electrons. The van der Waals surface area contributed by atoms with Crippen LogP contribution in [0.3, 0.4) is 0 Å². The Morgan fingerprint density at radius 1 is 1.26 bits per heavy atom. The lowest BCUT2D eigenvalue weighted by Gasteiger charge is -2.30. The summed E-state index contributed by atoms with van der Waals surface area (Å²) < 4.78 is 0. The zero-order valence-electron chi connectivity index (χ0n) is 14.3. The first-order valence-corrected chi connectivity index (χ1v) is 7.63. The number of hydrogen-bond acceptors (Lipinski definition) is 3. The van der Waals surface area contributed by atoms with Gasteiger partial charge in [-0.3, -0.25) is 10.2 Å². The summed E-state index contributed by atoms with van der Waals surface area (Å²) >= 11 is 0. The van der Waals surface area contributed by atoms with Gasteiger partial charge in [0, 0.05) is 5.57 Å². The maximum Gasteiger partial charge on any atom is 0.351 e. The van der Waals surface area contributed by atoms with Crippen LogP contribution in [0.25, 0.3) is 0 Å². The lowest BCUT2D eigenvalue weighted by atomic mass is 9.87. The van der Waals surface area contributed by atoms with E-state index in [-0.39, 0.29) is 17.4 Å². The Labute approximate surface area is 136 Å². The number of allylic oxidation sites excluding steroid dienone is 1. The fourth-order valence-corrected chi connectivity index (χ4v) is 2.75. The Morgan fingerprint density at radius 2 is 1.83 bits per heavy atom. The van der Waals surface area contributed by atoms with E-state index in [1.54, 1.807) is 19.9 Å². The quantitative estimate of drug-likeness (QED) is 0.361. The van der Waals surface area contributed by atoms with Crippen molar-refractivity contribution in [3.8, 4) is 0 Å². The second-order valence-electron chi connectivity index (χ2n) is 6.63. The van der Waals surface area contributed by atoms with E-state index >= 15 is 0 Å². The second kappa shape index (κ2) is 6.04. The number of amides is 3. The van der Waals surface area contributed by atoms with E-state index in [1.807, 2.05) is 24.3 Å². The summed E-state index contributed by atoms with van der Waals surface area (Å²) in [6.45, 7) is 9.95. The van der Waals surface area contributed by atoms with Crippen LogP contribution in [0.2, 0.25) is 0 Å². The number of hydrogen-bond donors (Lipinski definition) is 2. The topological polar surface area (TPSA) is 78.7 Å². The van der Waals surface area contributed by atoms with Gasteiger partial charge in [0.2, 0.25) is 0 Å². The molecule has 1 aliphatic heterocycles. The van der Waals surface area contributed by atoms with Crippen LogP contribution < -0.4 is 16.3 Å². The number of benzene rings is 1. The van der Waals surface area contributed by atoms with Crippen molar-refractivity contribution in [2.45, 2.75) is 46.1 Å². The van der Waals surface area contributed by atoms with Gasteiger partial charge in [-0.25, -0.2) is 20.7 Å². The molecule has 1 fully saturated rings. The Balaban J connectivity index is 2.46. The Bertz CT molecular complexity index is 644. The number of nitrogens with two attached hydrogens (primary N) is 1. The number of nitrogens with zero attached hydrogens (tertiary/aromatic N) is 2. The molecule has 2 rings (SSSR count). The summed E-state index contributed by atoms with van der Waals surface area (Å²) in [5, 5.41) is 2.71. The van der Waals surface area contributed by atoms with Crippen LogP contribution in [-0.4, -0.2) is 23.0 Å². The molecule has 3 N–H and O–H groups in total. The molecule has 0 aromatic heterocycles. The maximum atomic E-state index is 12.7. The standard InChI is InChI=1S/C17H24N4O2/c1-6-14-11(2)20(16(23)19-18)21(15(14)22)13-9-7-12(8-10-13)17(3,4)5/h6-11H,18H2,1-5H3,(H,19,23). The van der Waals surface area contributed by atoms with E-state index in [1.165, 1.54) is 10.0 Å². The van der Waals surface area contributed by atoms with Crippen LogP contribution in [0.15, 0.2) is 35.9 Å². The highest BCUT2D eigenvalue weighted by Crippen LogP contribution is 2.32. The van der Waals surface area contributed by atoms with Crippen molar-refractivity contribution in [1.29, 1.82) is 0 Å². The Morgan fingerprint density at radius 3 is 2.26 bits per heavy atom. The van der Waals surface area contributed by atoms with Gasteiger partial charge >= 0.3 is 6.03 Å². The van der Waals surface area contributed by atoms with Crippen molar-refractivity contribution in [1.82, 2.24) is 10.4 Å². The minimum atomic E-state index is -0.525. The average molecular weight is 316 g/mol. The molecule has 3 amide bonds. The van der Waals surface area contributed by atoms with E-state index in [2.05, 4.69) is 26.2 Å². The molecule has 1 saturated heterocycles. The summed E-state index contributed by atoms with van der Waals surface area (Å²) in [5.41, 5.74) is 4.47. The lowest BCUT2D eigenvalue weighted by Crippen LogP contribution is -2.52. The van der Waals surface area contributed by atoms with Crippen LogP contribution in [0, 0.1) is 0 Å². The van der Waals surface area contributed by atoms with Crippen LogP contribution >= 0.6 is 0 Å². The number of urea groups is 1. The van der Waals surface area contributed by atoms with Gasteiger partial charge in [-0.15, -0.1) is 0 Å². The summed E-state index contributed by atoms with van der Waals surface area (Å²) in [6, 6.07) is 6.74. The molecule has 0 aliphatic carbocycles. The first-order valence-electron chi connectivity index (χ1n) is 7.63. The van der Waals surface area contributed by atoms with Crippen molar-refractivity contribution in [3.05, 3.63) is 41.5 Å². The highest BCUT2D eigenvalue weighted by molar-refractivity contribution is 6.10. The Kier molecular flexibility index (Phi) is 4.47. The average Bonchev–Trinajstić information content (AvgIpc) is 2.76. The van der Waals surface area contributed by atoms with Gasteiger partial charge in [0.15, 0.2) is 0 Å². The first kappa shape index (κ1) is 17.0. The highest BCUT2D eigenvalue weighted by Gasteiger charge is 2.43. The summed E-state index contributed by atoms with van der Waals surface area (Å²) in [5.74, 6) is 5.05. The number of carbonyl (C=O) groups excluding carboxylic acids is 2. The Hall–Kier alpha value is -2.34. The van der Waals surface area contributed by atoms with Crippen LogP contribution in [-0.2, 0) is 10.2 Å². The summed E-state index contributed by atoms with van der Waals surface area (Å²) in [6.07, 6.45) is 1.73. The predicted octanol–water partition coefficient (Wildman–Crippen LogP) is 2.47. The number of hydrazine groups is 2. The van der Waals surface area contributed by atoms with Gasteiger partial charge in [-0.1, -0.05) is 39.0 Å². The fraction of sp³-hybridized carbons (Fsp3) is 0.412. The van der Waals surface area contributed by atoms with Gasteiger partial charge in [-0.05, 0) is 37.0 Å². The molecule has 1 atom stereocenters. The third kappa shape index (κ3) is 2.94. The summed E-state index contributed by atoms with van der Waals surface area (Å²) in [4.78, 5) is 24.8. The minimum Gasteiger partial charge on any atom is -0.274 e. The fourth-order valence-electron chi connectivity index (χ4n) is 2.75. The summed E-state index contributed by atoms with van der Waals surface area (Å²) in [7, 11) is 0. The number of anilines is 1. The van der Waals surface area contributed by atoms with Gasteiger partial charge in [0.05, 0.1) is 11.7 Å². The monoisotopic (exact) mass is 316 g/mol. The smallest absolute Gasteiger partial charge is 0.274 e. The SMILES string of the molecule is CC=C1C(=O)N(c2ccc(C(C)(C)C)cc2)N(C(=O)NN)C1C. The molecule has 1 aromatic carbocycles. The molecule has 1 aromatic rings. The molecule has 1 aliphatic rings. The molecular formula is C17H24N4O2. The molecule has 23 heavy (non-hydrogen) atoms. The zero-order chi connectivity index (χ0) is 17.4. The van der Waals surface area contributed by atoms with Crippen LogP contribution in [0.5, 0.6) is 0 Å². The third-order valence-corrected chi connectivity index (χ3v) is 4.09. The molecule has 1 heterocycles. The van der Waals surface area contributed by atoms with Crippen molar-refractivity contribution in [2.75, 3.05) is 5.01 Å². The maximum absolute atomic E-state index is 12.7. The first-order chi connectivity index (χ1) is 10.7. The van der Waals surface area contributed by atoms with Crippen LogP contribution in [0.1, 0.15) is 40.2 Å². The number of nitrogens with one attached hydrogen (secondary N) is 1. The van der Waals surface area contributed by atoms with Gasteiger partial charge in [-0.2, -0.15) is 0 Å². The lowest BCUT2D eigenvalue weighted by molar-refractivity contribution is -0.115. The molecule has 124 valence electrons. The minimum absolute atomic E-state index is 0.0175. The predicted molar refractivity (Wildman–Crippen MR) is 90.4 cm³/mol. The second-order valence-corrected chi connectivity index (χ2v) is 6.63. The van der Waals surface area contributed by atoms with E-state index < -0.39 is 6.03 Å². The third-order valence-electron chi connectivity index (χ3n) is 4.09. The number of carbonyl (C=O) groups is 2. The molecular weight excluding hydrogens is 292 g/mol. The van der Waals surface area contributed by atoms with Crippen molar-refractivity contribution < 1.29 is 9.59 Å².